The third-order valence-electron chi connectivity index (χ3n) is 8.59. The van der Waals surface area contributed by atoms with Crippen LogP contribution in [0.1, 0.15) is 82.5 Å². The smallest absolute Gasteiger partial charge is 0.338 e. The summed E-state index contributed by atoms with van der Waals surface area (Å²) >= 11 is 0. The van der Waals surface area contributed by atoms with Gasteiger partial charge in [-0.2, -0.15) is 0 Å². The van der Waals surface area contributed by atoms with Gasteiger partial charge in [0.2, 0.25) is 0 Å². The Morgan fingerprint density at radius 2 is 1.73 bits per heavy atom. The monoisotopic (exact) mass is 615 g/mol. The Hall–Kier alpha value is -2.88. The number of alkyl halides is 1. The van der Waals surface area contributed by atoms with Gasteiger partial charge in [-0.3, -0.25) is 4.90 Å². The first kappa shape index (κ1) is 32.5. The van der Waals surface area contributed by atoms with Crippen LogP contribution in [0.15, 0.2) is 42.0 Å². The Morgan fingerprint density at radius 1 is 1.05 bits per heavy atom. The largest absolute Gasteiger partial charge is 0.493 e. The number of hydrogen-bond donors (Lipinski definition) is 0. The molecule has 2 aromatic carbocycles. The maximum Gasteiger partial charge on any atom is 0.338 e. The number of hydrogen-bond acceptors (Lipinski definition) is 6. The lowest BCUT2D eigenvalue weighted by molar-refractivity contribution is -0.160. The lowest BCUT2D eigenvalue weighted by Crippen LogP contribution is -2.47. The molecule has 2 aliphatic carbocycles. The SMILES string of the molecule is CCOC(=O)C1(OCCCOCCCOc2cc(F)c([C@@H]3C4=C(C[C@@H](C)N3CC(C)(C)F)c3ccccc3C4)c(F)c2)CC1. The Balaban J connectivity index is 1.17. The van der Waals surface area contributed by atoms with Crippen LogP contribution in [-0.4, -0.2) is 67.8 Å². The highest BCUT2D eigenvalue weighted by atomic mass is 19.1. The number of ether oxygens (including phenoxy) is 4. The molecule has 0 radical (unpaired) electrons. The van der Waals surface area contributed by atoms with Crippen molar-refractivity contribution in [1.29, 1.82) is 0 Å². The lowest BCUT2D eigenvalue weighted by Gasteiger charge is -2.44. The van der Waals surface area contributed by atoms with Crippen LogP contribution in [0.3, 0.4) is 0 Å². The summed E-state index contributed by atoms with van der Waals surface area (Å²) in [6.07, 6.45) is 3.83. The molecule has 1 heterocycles. The van der Waals surface area contributed by atoms with Gasteiger partial charge >= 0.3 is 5.97 Å². The van der Waals surface area contributed by atoms with Gasteiger partial charge in [0.15, 0.2) is 5.60 Å². The number of esters is 1. The first-order chi connectivity index (χ1) is 21.0. The van der Waals surface area contributed by atoms with Crippen molar-refractivity contribution < 1.29 is 36.9 Å². The standard InChI is InChI=1S/C35H44F3NO5/c1-5-42-33(40)35(12-13-35)44-17-9-15-41-14-8-16-43-25-20-29(36)31(30(37)21-25)32-28-19-24-10-6-7-11-26(24)27(28)18-23(2)39(32)22-34(3,4)38/h6-7,10-11,20-21,23,32H,5,8-9,12-19,22H2,1-4H3/t23-,32+/m1/s1. The molecule has 240 valence electrons. The fourth-order valence-corrected chi connectivity index (χ4v) is 6.42. The third kappa shape index (κ3) is 7.32. The van der Waals surface area contributed by atoms with Gasteiger partial charge in [-0.1, -0.05) is 24.3 Å². The molecule has 0 saturated heterocycles. The number of fused-ring (bicyclic) bond motifs is 2. The van der Waals surface area contributed by atoms with E-state index in [-0.39, 0.29) is 36.5 Å². The van der Waals surface area contributed by atoms with Crippen molar-refractivity contribution in [2.24, 2.45) is 0 Å². The van der Waals surface area contributed by atoms with Crippen LogP contribution < -0.4 is 4.74 Å². The molecule has 2 aromatic rings. The lowest BCUT2D eigenvalue weighted by atomic mass is 9.84. The molecule has 1 fully saturated rings. The molecule has 0 amide bonds. The number of carbonyl (C=O) groups is 1. The van der Waals surface area contributed by atoms with Crippen LogP contribution in [0, 0.1) is 11.6 Å². The minimum Gasteiger partial charge on any atom is -0.493 e. The van der Waals surface area contributed by atoms with Crippen LogP contribution in [0.2, 0.25) is 0 Å². The van der Waals surface area contributed by atoms with Gasteiger partial charge in [0, 0.05) is 49.9 Å². The molecular formula is C35H44F3NO5. The summed E-state index contributed by atoms with van der Waals surface area (Å²) in [5.41, 5.74) is 1.95. The fourth-order valence-electron chi connectivity index (χ4n) is 6.42. The second-order valence-corrected chi connectivity index (χ2v) is 12.7. The molecule has 0 bridgehead atoms. The zero-order valence-corrected chi connectivity index (χ0v) is 26.2. The van der Waals surface area contributed by atoms with Gasteiger partial charge in [0.1, 0.15) is 23.1 Å². The first-order valence-corrected chi connectivity index (χ1v) is 15.8. The van der Waals surface area contributed by atoms with Crippen molar-refractivity contribution >= 4 is 11.5 Å². The minimum absolute atomic E-state index is 0.0570. The van der Waals surface area contributed by atoms with E-state index in [2.05, 4.69) is 12.1 Å². The number of rotatable bonds is 15. The maximum absolute atomic E-state index is 15.8. The molecule has 6 nitrogen and oxygen atoms in total. The molecule has 1 saturated carbocycles. The zero-order valence-electron chi connectivity index (χ0n) is 26.2. The predicted octanol–water partition coefficient (Wildman–Crippen LogP) is 7.15. The van der Waals surface area contributed by atoms with E-state index in [0.29, 0.717) is 65.0 Å². The quantitative estimate of drug-likeness (QED) is 0.157. The Labute approximate surface area is 258 Å². The van der Waals surface area contributed by atoms with Crippen molar-refractivity contribution in [2.45, 2.75) is 89.6 Å². The van der Waals surface area contributed by atoms with Gasteiger partial charge in [0.05, 0.1) is 25.9 Å². The zero-order chi connectivity index (χ0) is 31.5. The van der Waals surface area contributed by atoms with Crippen molar-refractivity contribution in [2.75, 3.05) is 39.6 Å². The molecular weight excluding hydrogens is 571 g/mol. The summed E-state index contributed by atoms with van der Waals surface area (Å²) in [4.78, 5) is 13.8. The molecule has 3 aliphatic rings. The topological polar surface area (TPSA) is 57.2 Å². The van der Waals surface area contributed by atoms with Crippen LogP contribution >= 0.6 is 0 Å². The van der Waals surface area contributed by atoms with Gasteiger partial charge in [-0.25, -0.2) is 18.0 Å². The summed E-state index contributed by atoms with van der Waals surface area (Å²) in [5.74, 6) is -1.58. The molecule has 0 spiro atoms. The number of nitrogens with zero attached hydrogens (tertiary/aromatic N) is 1. The molecule has 0 aromatic heterocycles. The number of carbonyl (C=O) groups excluding carboxylic acids is 1. The predicted molar refractivity (Wildman–Crippen MR) is 162 cm³/mol. The van der Waals surface area contributed by atoms with Gasteiger partial charge in [-0.15, -0.1) is 0 Å². The van der Waals surface area contributed by atoms with E-state index in [1.807, 2.05) is 24.0 Å². The van der Waals surface area contributed by atoms with Crippen molar-refractivity contribution in [3.05, 3.63) is 70.3 Å². The van der Waals surface area contributed by atoms with Crippen LogP contribution in [-0.2, 0) is 25.4 Å². The molecule has 0 N–H and O–H groups in total. The van der Waals surface area contributed by atoms with Crippen LogP contribution in [0.4, 0.5) is 13.2 Å². The van der Waals surface area contributed by atoms with E-state index in [4.69, 9.17) is 18.9 Å². The molecule has 2 atom stereocenters. The molecule has 44 heavy (non-hydrogen) atoms. The van der Waals surface area contributed by atoms with Gasteiger partial charge in [-0.05, 0) is 82.1 Å². The Bertz CT molecular complexity index is 1340. The van der Waals surface area contributed by atoms with E-state index in [1.54, 1.807) is 6.92 Å². The van der Waals surface area contributed by atoms with E-state index in [9.17, 15) is 4.79 Å². The minimum atomic E-state index is -1.54. The van der Waals surface area contributed by atoms with Crippen molar-refractivity contribution in [3.8, 4) is 5.75 Å². The van der Waals surface area contributed by atoms with Gasteiger partial charge in [0.25, 0.3) is 0 Å². The van der Waals surface area contributed by atoms with Gasteiger partial charge < -0.3 is 18.9 Å². The fraction of sp³-hybridized carbons (Fsp3) is 0.571. The summed E-state index contributed by atoms with van der Waals surface area (Å²) in [6.45, 7) is 8.68. The highest BCUT2D eigenvalue weighted by Crippen LogP contribution is 2.50. The maximum atomic E-state index is 15.8. The summed E-state index contributed by atoms with van der Waals surface area (Å²) < 4.78 is 68.7. The highest BCUT2D eigenvalue weighted by molar-refractivity contribution is 5.83. The normalized spacial score (nSPS) is 20.8. The van der Waals surface area contributed by atoms with Crippen molar-refractivity contribution in [1.82, 2.24) is 4.90 Å². The second-order valence-electron chi connectivity index (χ2n) is 12.7. The Kier molecular flexibility index (Phi) is 10.1. The number of halogens is 3. The summed E-state index contributed by atoms with van der Waals surface area (Å²) in [6, 6.07) is 9.71. The molecule has 1 aliphatic heterocycles. The first-order valence-electron chi connectivity index (χ1n) is 15.8. The number of benzene rings is 2. The average molecular weight is 616 g/mol. The van der Waals surface area contributed by atoms with E-state index in [0.717, 1.165) is 22.3 Å². The average Bonchev–Trinajstić information content (AvgIpc) is 3.67. The van der Waals surface area contributed by atoms with E-state index >= 15 is 13.2 Å². The van der Waals surface area contributed by atoms with Crippen LogP contribution in [0.25, 0.3) is 5.57 Å². The summed E-state index contributed by atoms with van der Waals surface area (Å²) in [5, 5.41) is 0. The molecule has 5 rings (SSSR count). The highest BCUT2D eigenvalue weighted by Gasteiger charge is 2.52. The van der Waals surface area contributed by atoms with E-state index < -0.39 is 28.9 Å². The van der Waals surface area contributed by atoms with E-state index in [1.165, 1.54) is 26.0 Å². The van der Waals surface area contributed by atoms with Crippen molar-refractivity contribution in [3.63, 3.8) is 0 Å². The Morgan fingerprint density at radius 3 is 2.39 bits per heavy atom. The van der Waals surface area contributed by atoms with Crippen LogP contribution in [0.5, 0.6) is 5.75 Å². The summed E-state index contributed by atoms with van der Waals surface area (Å²) in [7, 11) is 0. The molecule has 9 heteroatoms. The molecule has 0 unspecified atom stereocenters. The third-order valence-corrected chi connectivity index (χ3v) is 8.59. The second kappa shape index (κ2) is 13.6.